The van der Waals surface area contributed by atoms with Crippen molar-refractivity contribution in [3.63, 3.8) is 0 Å². The van der Waals surface area contributed by atoms with E-state index in [2.05, 4.69) is 24.2 Å². The smallest absolute Gasteiger partial charge is 0.300 e. The Balaban J connectivity index is 1.89. The van der Waals surface area contributed by atoms with E-state index in [1.165, 1.54) is 19.3 Å². The van der Waals surface area contributed by atoms with E-state index in [1.807, 2.05) is 6.07 Å². The number of hydrazine groups is 1. The van der Waals surface area contributed by atoms with Crippen molar-refractivity contribution in [1.82, 2.24) is 10.3 Å². The zero-order valence-corrected chi connectivity index (χ0v) is 11.7. The van der Waals surface area contributed by atoms with Crippen molar-refractivity contribution in [2.75, 3.05) is 13.1 Å². The third-order valence-corrected chi connectivity index (χ3v) is 4.31. The van der Waals surface area contributed by atoms with Gasteiger partial charge >= 0.3 is 5.91 Å². The van der Waals surface area contributed by atoms with Crippen molar-refractivity contribution in [3.8, 4) is 0 Å². The van der Waals surface area contributed by atoms with Gasteiger partial charge in [0.25, 0.3) is 0 Å². The fourth-order valence-corrected chi connectivity index (χ4v) is 2.48. The number of hydrogen-bond acceptors (Lipinski definition) is 4. The minimum Gasteiger partial charge on any atom is -0.455 e. The zero-order chi connectivity index (χ0) is 13.9. The SMILES string of the molecule is CCC1(C)CCN(Cc2ccc(C(=O)NN)o2)CC1. The minimum absolute atomic E-state index is 0.271. The van der Waals surface area contributed by atoms with Gasteiger partial charge < -0.3 is 4.42 Å². The monoisotopic (exact) mass is 265 g/mol. The number of likely N-dealkylation sites (tertiary alicyclic amines) is 1. The lowest BCUT2D eigenvalue weighted by atomic mass is 9.78. The largest absolute Gasteiger partial charge is 0.455 e. The molecule has 2 heterocycles. The second-order valence-corrected chi connectivity index (χ2v) is 5.68. The van der Waals surface area contributed by atoms with Gasteiger partial charge in [0.15, 0.2) is 5.76 Å². The molecule has 5 nitrogen and oxygen atoms in total. The molecule has 1 aromatic heterocycles. The summed E-state index contributed by atoms with van der Waals surface area (Å²) in [6.45, 7) is 7.56. The molecule has 0 aliphatic carbocycles. The molecule has 1 amide bonds. The summed E-state index contributed by atoms with van der Waals surface area (Å²) < 4.78 is 5.48. The highest BCUT2D eigenvalue weighted by Gasteiger charge is 2.28. The van der Waals surface area contributed by atoms with Crippen LogP contribution in [-0.2, 0) is 6.54 Å². The molecule has 0 aromatic carbocycles. The van der Waals surface area contributed by atoms with Gasteiger partial charge in [0.2, 0.25) is 0 Å². The number of hydrogen-bond donors (Lipinski definition) is 2. The molecule has 19 heavy (non-hydrogen) atoms. The summed E-state index contributed by atoms with van der Waals surface area (Å²) in [5.74, 6) is 5.78. The van der Waals surface area contributed by atoms with Gasteiger partial charge in [-0.1, -0.05) is 20.3 Å². The lowest BCUT2D eigenvalue weighted by molar-refractivity contribution is 0.0908. The first-order valence-electron chi connectivity index (χ1n) is 6.88. The standard InChI is InChI=1S/C14H23N3O2/c1-3-14(2)6-8-17(9-7-14)10-11-4-5-12(19-11)13(18)16-15/h4-5H,3,6-10,15H2,1-2H3,(H,16,18). The number of amides is 1. The maximum atomic E-state index is 11.3. The normalized spacial score (nSPS) is 19.3. The zero-order valence-electron chi connectivity index (χ0n) is 11.7. The van der Waals surface area contributed by atoms with Crippen LogP contribution in [0.1, 0.15) is 49.4 Å². The minimum atomic E-state index is -0.386. The van der Waals surface area contributed by atoms with Gasteiger partial charge in [-0.05, 0) is 43.5 Å². The summed E-state index contributed by atoms with van der Waals surface area (Å²) in [4.78, 5) is 13.7. The molecule has 0 radical (unpaired) electrons. The number of nitrogens with two attached hydrogens (primary N) is 1. The lowest BCUT2D eigenvalue weighted by Crippen LogP contribution is -2.37. The number of carbonyl (C=O) groups is 1. The molecule has 5 heteroatoms. The Morgan fingerprint density at radius 2 is 2.16 bits per heavy atom. The quantitative estimate of drug-likeness (QED) is 0.495. The van der Waals surface area contributed by atoms with Crippen molar-refractivity contribution in [1.29, 1.82) is 0 Å². The molecule has 1 aromatic rings. The molecule has 0 atom stereocenters. The summed E-state index contributed by atoms with van der Waals surface area (Å²) in [6, 6.07) is 3.51. The Morgan fingerprint density at radius 3 is 2.74 bits per heavy atom. The number of piperidine rings is 1. The Labute approximate surface area is 114 Å². The summed E-state index contributed by atoms with van der Waals surface area (Å²) in [5, 5.41) is 0. The van der Waals surface area contributed by atoms with E-state index in [0.29, 0.717) is 5.41 Å². The fourth-order valence-electron chi connectivity index (χ4n) is 2.48. The average Bonchev–Trinajstić information content (AvgIpc) is 2.89. The van der Waals surface area contributed by atoms with Gasteiger partial charge in [0.05, 0.1) is 6.54 Å². The van der Waals surface area contributed by atoms with Crippen LogP contribution in [0.5, 0.6) is 0 Å². The lowest BCUT2D eigenvalue weighted by Gasteiger charge is -2.38. The molecule has 3 N–H and O–H groups in total. The molecule has 0 unspecified atom stereocenters. The molecule has 0 saturated carbocycles. The van der Waals surface area contributed by atoms with Gasteiger partial charge in [-0.2, -0.15) is 0 Å². The van der Waals surface area contributed by atoms with Crippen LogP contribution in [0.2, 0.25) is 0 Å². The first-order valence-corrected chi connectivity index (χ1v) is 6.88. The van der Waals surface area contributed by atoms with Crippen LogP contribution in [-0.4, -0.2) is 23.9 Å². The fraction of sp³-hybridized carbons (Fsp3) is 0.643. The van der Waals surface area contributed by atoms with E-state index in [4.69, 9.17) is 10.3 Å². The first kappa shape index (κ1) is 14.1. The van der Waals surface area contributed by atoms with Crippen LogP contribution in [0.4, 0.5) is 0 Å². The molecule has 1 saturated heterocycles. The van der Waals surface area contributed by atoms with Crippen LogP contribution >= 0.6 is 0 Å². The van der Waals surface area contributed by atoms with Crippen molar-refractivity contribution < 1.29 is 9.21 Å². The van der Waals surface area contributed by atoms with E-state index in [0.717, 1.165) is 25.4 Å². The number of nitrogens with zero attached hydrogens (tertiary/aromatic N) is 1. The summed E-state index contributed by atoms with van der Waals surface area (Å²) in [6.07, 6.45) is 3.68. The summed E-state index contributed by atoms with van der Waals surface area (Å²) in [5.41, 5.74) is 2.56. The maximum Gasteiger partial charge on any atom is 0.300 e. The van der Waals surface area contributed by atoms with Gasteiger partial charge in [-0.15, -0.1) is 0 Å². The first-order chi connectivity index (χ1) is 9.06. The van der Waals surface area contributed by atoms with Crippen LogP contribution in [0, 0.1) is 5.41 Å². The third-order valence-electron chi connectivity index (χ3n) is 4.31. The Bertz CT molecular complexity index is 434. The van der Waals surface area contributed by atoms with Crippen molar-refractivity contribution >= 4 is 5.91 Å². The van der Waals surface area contributed by atoms with E-state index >= 15 is 0 Å². The number of furan rings is 1. The topological polar surface area (TPSA) is 71.5 Å². The number of rotatable bonds is 4. The molecular weight excluding hydrogens is 242 g/mol. The predicted octanol–water partition coefficient (Wildman–Crippen LogP) is 1.90. The average molecular weight is 265 g/mol. The number of nitrogen functional groups attached to an aromatic ring is 1. The van der Waals surface area contributed by atoms with Crippen molar-refractivity contribution in [2.24, 2.45) is 11.3 Å². The van der Waals surface area contributed by atoms with Crippen molar-refractivity contribution in [2.45, 2.75) is 39.7 Å². The Morgan fingerprint density at radius 1 is 1.47 bits per heavy atom. The molecule has 1 aliphatic heterocycles. The molecule has 106 valence electrons. The molecule has 1 aliphatic rings. The van der Waals surface area contributed by atoms with E-state index in [9.17, 15) is 4.79 Å². The molecule has 2 rings (SSSR count). The van der Waals surface area contributed by atoms with Crippen LogP contribution in [0.25, 0.3) is 0 Å². The third kappa shape index (κ3) is 3.36. The van der Waals surface area contributed by atoms with Crippen LogP contribution < -0.4 is 11.3 Å². The van der Waals surface area contributed by atoms with E-state index in [1.54, 1.807) is 6.07 Å². The Kier molecular flexibility index (Phi) is 4.27. The van der Waals surface area contributed by atoms with Gasteiger partial charge in [-0.3, -0.25) is 15.1 Å². The number of carbonyl (C=O) groups excluding carboxylic acids is 1. The van der Waals surface area contributed by atoms with Gasteiger partial charge in [0.1, 0.15) is 5.76 Å². The van der Waals surface area contributed by atoms with Crippen LogP contribution in [0.15, 0.2) is 16.5 Å². The van der Waals surface area contributed by atoms with Gasteiger partial charge in [-0.25, -0.2) is 5.84 Å². The van der Waals surface area contributed by atoms with Gasteiger partial charge in [0, 0.05) is 0 Å². The Hall–Kier alpha value is -1.33. The summed E-state index contributed by atoms with van der Waals surface area (Å²) >= 11 is 0. The molecular formula is C14H23N3O2. The van der Waals surface area contributed by atoms with E-state index < -0.39 is 0 Å². The second-order valence-electron chi connectivity index (χ2n) is 5.68. The summed E-state index contributed by atoms with van der Waals surface area (Å²) in [7, 11) is 0. The molecule has 0 bridgehead atoms. The van der Waals surface area contributed by atoms with E-state index in [-0.39, 0.29) is 11.7 Å². The molecule has 1 fully saturated rings. The highest BCUT2D eigenvalue weighted by Crippen LogP contribution is 2.34. The number of nitrogens with one attached hydrogen (secondary N) is 1. The maximum absolute atomic E-state index is 11.3. The highest BCUT2D eigenvalue weighted by atomic mass is 16.4. The highest BCUT2D eigenvalue weighted by molar-refractivity contribution is 5.90. The second kappa shape index (κ2) is 5.75. The molecule has 0 spiro atoms. The van der Waals surface area contributed by atoms with Crippen molar-refractivity contribution in [3.05, 3.63) is 23.7 Å². The van der Waals surface area contributed by atoms with Crippen LogP contribution in [0.3, 0.4) is 0 Å². The predicted molar refractivity (Wildman–Crippen MR) is 73.3 cm³/mol.